The van der Waals surface area contributed by atoms with Gasteiger partial charge in [-0.3, -0.25) is 9.59 Å². The van der Waals surface area contributed by atoms with Crippen LogP contribution < -0.4 is 10.3 Å². The van der Waals surface area contributed by atoms with E-state index in [1.807, 2.05) is 101 Å². The fourth-order valence-electron chi connectivity index (χ4n) is 6.31. The highest BCUT2D eigenvalue weighted by atomic mass is 16.5. The zero-order chi connectivity index (χ0) is 34.8. The molecule has 0 radical (unpaired) electrons. The Morgan fingerprint density at radius 2 is 1.26 bits per heavy atom. The number of aromatic amines is 1. The maximum Gasteiger partial charge on any atom is 0.299 e. The quantitative estimate of drug-likeness (QED) is 0.164. The summed E-state index contributed by atoms with van der Waals surface area (Å²) in [6, 6.07) is 28.2. The maximum atomic E-state index is 12.5. The molecule has 0 aliphatic rings. The van der Waals surface area contributed by atoms with Crippen LogP contribution in [-0.2, 0) is 17.9 Å². The number of fused-ring (bicyclic) bond motifs is 2. The lowest BCUT2D eigenvalue weighted by Crippen LogP contribution is -2.10. The van der Waals surface area contributed by atoms with Crippen LogP contribution in [0.3, 0.4) is 0 Å². The van der Waals surface area contributed by atoms with E-state index in [0.29, 0.717) is 29.1 Å². The highest BCUT2D eigenvalue weighted by Crippen LogP contribution is 2.36. The summed E-state index contributed by atoms with van der Waals surface area (Å²) in [5.41, 5.74) is 10.1. The van der Waals surface area contributed by atoms with Gasteiger partial charge < -0.3 is 27.9 Å². The molecular weight excluding hydrogens is 632 g/mol. The molecule has 0 aliphatic heterocycles. The van der Waals surface area contributed by atoms with Gasteiger partial charge in [-0.2, -0.15) is 0 Å². The van der Waals surface area contributed by atoms with E-state index in [4.69, 9.17) is 13.8 Å². The summed E-state index contributed by atoms with van der Waals surface area (Å²) in [5, 5.41) is 7.96. The molecule has 0 amide bonds. The number of nitrogens with zero attached hydrogens (tertiary/aromatic N) is 5. The van der Waals surface area contributed by atoms with Crippen LogP contribution in [0.5, 0.6) is 5.88 Å². The zero-order valence-electron chi connectivity index (χ0n) is 28.0. The number of carbonyl (C=O) groups excluding carboxylic acids is 1. The van der Waals surface area contributed by atoms with E-state index in [9.17, 15) is 9.59 Å². The van der Waals surface area contributed by atoms with Crippen LogP contribution in [0.15, 0.2) is 111 Å². The largest absolute Gasteiger partial charge is 0.409 e. The van der Waals surface area contributed by atoms with Crippen molar-refractivity contribution < 1.29 is 18.6 Å². The molecule has 0 fully saturated rings. The summed E-state index contributed by atoms with van der Waals surface area (Å²) < 4.78 is 19.9. The van der Waals surface area contributed by atoms with Crippen molar-refractivity contribution in [2.24, 2.45) is 0 Å². The average Bonchev–Trinajstić information content (AvgIpc) is 3.88. The fraction of sp³-hybridized carbons (Fsp3) is 0.154. The second-order valence-electron chi connectivity index (χ2n) is 12.0. The highest BCUT2D eigenvalue weighted by molar-refractivity contribution is 5.86. The van der Waals surface area contributed by atoms with E-state index >= 15 is 0 Å². The first-order valence-electron chi connectivity index (χ1n) is 16.1. The number of aromatic nitrogens is 6. The molecule has 11 heteroatoms. The standard InChI is InChI=1S/C20H17N3O3.C19H17N3O2/c1-13-19(14(2)26-22-13)16-10-18-17(21-20(16)25-12-24)8-9-23(18)11-15-6-4-3-5-7-15;1-12-18(13(2)24-21-12)15-10-17-16(20-19(15)23)8-9-22(17)11-14-6-4-3-5-7-14/h3-10,12H,11H2,1-2H3;3-10H,11H2,1-2H3,(H,20,23). The highest BCUT2D eigenvalue weighted by Gasteiger charge is 2.20. The Kier molecular flexibility index (Phi) is 8.70. The first-order chi connectivity index (χ1) is 24.3. The average molecular weight is 667 g/mol. The molecule has 11 nitrogen and oxygen atoms in total. The molecule has 0 aliphatic carbocycles. The van der Waals surface area contributed by atoms with Crippen LogP contribution in [0.4, 0.5) is 0 Å². The minimum absolute atomic E-state index is 0.130. The molecule has 0 bridgehead atoms. The molecule has 0 spiro atoms. The Morgan fingerprint density at radius 1 is 0.720 bits per heavy atom. The smallest absolute Gasteiger partial charge is 0.299 e. The van der Waals surface area contributed by atoms with E-state index in [2.05, 4.69) is 53.7 Å². The van der Waals surface area contributed by atoms with Crippen molar-refractivity contribution in [2.75, 3.05) is 0 Å². The van der Waals surface area contributed by atoms with Gasteiger partial charge in [0.05, 0.1) is 55.7 Å². The van der Waals surface area contributed by atoms with E-state index in [1.54, 1.807) is 0 Å². The Hall–Kier alpha value is -6.49. The van der Waals surface area contributed by atoms with Gasteiger partial charge in [0, 0.05) is 25.5 Å². The predicted molar refractivity (Wildman–Crippen MR) is 190 cm³/mol. The van der Waals surface area contributed by atoms with Crippen molar-refractivity contribution in [3.05, 3.63) is 142 Å². The van der Waals surface area contributed by atoms with Crippen LogP contribution in [0.25, 0.3) is 44.3 Å². The Morgan fingerprint density at radius 3 is 1.82 bits per heavy atom. The molecule has 2 aromatic carbocycles. The number of nitrogens with one attached hydrogen (secondary N) is 1. The predicted octanol–water partition coefficient (Wildman–Crippen LogP) is 7.54. The van der Waals surface area contributed by atoms with Gasteiger partial charge in [-0.05, 0) is 63.1 Å². The van der Waals surface area contributed by atoms with E-state index in [0.717, 1.165) is 57.7 Å². The fourth-order valence-corrected chi connectivity index (χ4v) is 6.31. The Balaban J connectivity index is 0.000000157. The molecule has 0 saturated carbocycles. The van der Waals surface area contributed by atoms with Crippen LogP contribution in [0, 0.1) is 27.7 Å². The van der Waals surface area contributed by atoms with Crippen molar-refractivity contribution in [2.45, 2.75) is 40.8 Å². The lowest BCUT2D eigenvalue weighted by atomic mass is 10.1. The van der Waals surface area contributed by atoms with Crippen LogP contribution in [0.2, 0.25) is 0 Å². The third-order valence-electron chi connectivity index (χ3n) is 8.65. The number of pyridine rings is 2. The van der Waals surface area contributed by atoms with Gasteiger partial charge in [-0.25, -0.2) is 4.98 Å². The van der Waals surface area contributed by atoms with Gasteiger partial charge >= 0.3 is 0 Å². The number of hydrogen-bond donors (Lipinski definition) is 1. The van der Waals surface area contributed by atoms with E-state index in [1.165, 1.54) is 11.1 Å². The van der Waals surface area contributed by atoms with Crippen molar-refractivity contribution in [3.63, 3.8) is 0 Å². The molecule has 250 valence electrons. The molecule has 0 atom stereocenters. The normalized spacial score (nSPS) is 11.1. The maximum absolute atomic E-state index is 12.5. The number of benzene rings is 2. The molecule has 8 aromatic rings. The number of hydrogen-bond acceptors (Lipinski definition) is 8. The Bertz CT molecular complexity index is 2460. The third kappa shape index (κ3) is 6.24. The molecular formula is C39H34N6O5. The zero-order valence-corrected chi connectivity index (χ0v) is 28.0. The molecule has 0 saturated heterocycles. The number of ether oxygens (including phenoxy) is 1. The minimum Gasteiger partial charge on any atom is -0.409 e. The van der Waals surface area contributed by atoms with E-state index < -0.39 is 0 Å². The topological polar surface area (TPSA) is 134 Å². The van der Waals surface area contributed by atoms with Gasteiger partial charge in [-0.15, -0.1) is 0 Å². The third-order valence-corrected chi connectivity index (χ3v) is 8.65. The monoisotopic (exact) mass is 666 g/mol. The van der Waals surface area contributed by atoms with Gasteiger partial charge in [-0.1, -0.05) is 71.0 Å². The molecule has 6 aromatic heterocycles. The van der Waals surface area contributed by atoms with Crippen molar-refractivity contribution in [3.8, 4) is 28.1 Å². The number of aryl methyl sites for hydroxylation is 4. The van der Waals surface area contributed by atoms with Crippen molar-refractivity contribution >= 4 is 28.5 Å². The summed E-state index contributed by atoms with van der Waals surface area (Å²) in [7, 11) is 0. The van der Waals surface area contributed by atoms with Crippen LogP contribution >= 0.6 is 0 Å². The molecule has 6 heterocycles. The second-order valence-corrected chi connectivity index (χ2v) is 12.0. The van der Waals surface area contributed by atoms with Crippen molar-refractivity contribution in [1.82, 2.24) is 29.4 Å². The summed E-state index contributed by atoms with van der Waals surface area (Å²) in [6.45, 7) is 9.20. The second kappa shape index (κ2) is 13.6. The molecule has 50 heavy (non-hydrogen) atoms. The van der Waals surface area contributed by atoms with Crippen molar-refractivity contribution in [1.29, 1.82) is 0 Å². The molecule has 0 unspecified atom stereocenters. The summed E-state index contributed by atoms with van der Waals surface area (Å²) in [4.78, 5) is 30.9. The lowest BCUT2D eigenvalue weighted by molar-refractivity contribution is -0.120. The van der Waals surface area contributed by atoms with Gasteiger partial charge in [0.1, 0.15) is 11.5 Å². The first-order valence-corrected chi connectivity index (χ1v) is 16.1. The van der Waals surface area contributed by atoms with Gasteiger partial charge in [0.2, 0.25) is 5.88 Å². The molecule has 8 rings (SSSR count). The SMILES string of the molecule is Cc1noc(C)c1-c1cc2c(ccn2Cc2ccccc2)[nH]c1=O.Cc1noc(C)c1-c1cc2c(ccn2Cc2ccccc2)nc1OC=O. The Labute approximate surface area is 286 Å². The summed E-state index contributed by atoms with van der Waals surface area (Å²) in [6.07, 6.45) is 3.97. The first kappa shape index (κ1) is 32.1. The number of rotatable bonds is 8. The van der Waals surface area contributed by atoms with Crippen LogP contribution in [-0.4, -0.2) is 35.9 Å². The minimum atomic E-state index is -0.130. The lowest BCUT2D eigenvalue weighted by Gasteiger charge is -2.10. The number of carbonyl (C=O) groups is 1. The van der Waals surface area contributed by atoms with Gasteiger partial charge in [0.15, 0.2) is 0 Å². The number of H-pyrrole nitrogens is 1. The molecule has 1 N–H and O–H groups in total. The summed E-state index contributed by atoms with van der Waals surface area (Å²) in [5.74, 6) is 1.55. The summed E-state index contributed by atoms with van der Waals surface area (Å²) >= 11 is 0. The van der Waals surface area contributed by atoms with Gasteiger partial charge in [0.25, 0.3) is 12.0 Å². The van der Waals surface area contributed by atoms with Crippen LogP contribution in [0.1, 0.15) is 34.0 Å². The van der Waals surface area contributed by atoms with E-state index in [-0.39, 0.29) is 11.4 Å².